The van der Waals surface area contributed by atoms with E-state index in [1.165, 1.54) is 13.0 Å². The molecule has 2 rings (SSSR count). The summed E-state index contributed by atoms with van der Waals surface area (Å²) in [5, 5.41) is 12.2. The predicted octanol–water partition coefficient (Wildman–Crippen LogP) is 0.832. The second kappa shape index (κ2) is 5.29. The number of hydrogen-bond acceptors (Lipinski definition) is 5. The number of nitrogens with zero attached hydrogens (tertiary/aromatic N) is 1. The van der Waals surface area contributed by atoms with E-state index in [1.54, 1.807) is 30.9 Å². The third kappa shape index (κ3) is 2.95. The number of imide groups is 1. The second-order valence-electron chi connectivity index (χ2n) is 5.69. The van der Waals surface area contributed by atoms with Gasteiger partial charge in [-0.2, -0.15) is 0 Å². The number of phenols is 1. The van der Waals surface area contributed by atoms with Gasteiger partial charge in [-0.05, 0) is 39.0 Å². The maximum atomic E-state index is 11.9. The molecule has 1 aromatic rings. The molecule has 0 aromatic heterocycles. The summed E-state index contributed by atoms with van der Waals surface area (Å²) in [6, 6.07) is 4.58. The van der Waals surface area contributed by atoms with Crippen molar-refractivity contribution < 1.29 is 19.5 Å². The number of nitrogens with one attached hydrogen (secondary N) is 1. The van der Waals surface area contributed by atoms with E-state index in [0.29, 0.717) is 11.1 Å². The van der Waals surface area contributed by atoms with Crippen LogP contribution in [0.4, 0.5) is 0 Å². The van der Waals surface area contributed by atoms with Crippen molar-refractivity contribution in [2.75, 3.05) is 6.54 Å². The molecule has 2 N–H and O–H groups in total. The fourth-order valence-corrected chi connectivity index (χ4v) is 2.22. The average molecular weight is 290 g/mol. The number of ketones is 1. The Morgan fingerprint density at radius 3 is 2.67 bits per heavy atom. The third-order valence-electron chi connectivity index (χ3n) is 3.78. The molecule has 0 radical (unpaired) electrons. The average Bonchev–Trinajstić information content (AvgIpc) is 2.38. The summed E-state index contributed by atoms with van der Waals surface area (Å²) in [6.07, 6.45) is 0. The number of rotatable bonds is 3. The molecule has 1 fully saturated rings. The number of hydrogen-bond donors (Lipinski definition) is 2. The lowest BCUT2D eigenvalue weighted by molar-refractivity contribution is -0.145. The van der Waals surface area contributed by atoms with Gasteiger partial charge in [0.2, 0.25) is 11.8 Å². The fraction of sp³-hybridized carbons (Fsp3) is 0.400. The molecule has 0 aliphatic carbocycles. The number of phenolic OH excluding ortho intramolecular Hbond substituents is 1. The summed E-state index contributed by atoms with van der Waals surface area (Å²) in [4.78, 5) is 36.5. The second-order valence-corrected chi connectivity index (χ2v) is 5.69. The Hall–Kier alpha value is -2.21. The van der Waals surface area contributed by atoms with E-state index < -0.39 is 5.54 Å². The molecule has 2 amide bonds. The van der Waals surface area contributed by atoms with Crippen LogP contribution in [0.5, 0.6) is 5.75 Å². The molecule has 6 nitrogen and oxygen atoms in total. The quantitative estimate of drug-likeness (QED) is 0.636. The lowest BCUT2D eigenvalue weighted by Gasteiger charge is -2.40. The van der Waals surface area contributed by atoms with Gasteiger partial charge in [0.1, 0.15) is 5.75 Å². The number of amides is 2. The first-order chi connectivity index (χ1) is 9.71. The van der Waals surface area contributed by atoms with Crippen LogP contribution in [0, 0.1) is 0 Å². The van der Waals surface area contributed by atoms with E-state index in [2.05, 4.69) is 5.32 Å². The first-order valence-electron chi connectivity index (χ1n) is 6.64. The van der Waals surface area contributed by atoms with Crippen molar-refractivity contribution in [3.05, 3.63) is 29.3 Å². The van der Waals surface area contributed by atoms with Crippen molar-refractivity contribution in [3.8, 4) is 5.75 Å². The molecule has 1 heterocycles. The summed E-state index contributed by atoms with van der Waals surface area (Å²) in [5.74, 6) is -0.820. The standard InChI is InChI=1S/C15H18N2O4/c1-9(18)10-4-5-12(19)11(6-10)7-17-8-13(20)16-14(21)15(17,2)3/h4-6,19H,7-8H2,1-3H3,(H,16,20,21). The maximum absolute atomic E-state index is 11.9. The highest BCUT2D eigenvalue weighted by Crippen LogP contribution is 2.26. The summed E-state index contributed by atoms with van der Waals surface area (Å²) in [6.45, 7) is 5.13. The Bertz CT molecular complexity index is 622. The van der Waals surface area contributed by atoms with Crippen molar-refractivity contribution in [3.63, 3.8) is 0 Å². The Morgan fingerprint density at radius 2 is 2.05 bits per heavy atom. The van der Waals surface area contributed by atoms with Gasteiger partial charge in [-0.25, -0.2) is 0 Å². The van der Waals surface area contributed by atoms with Gasteiger partial charge < -0.3 is 5.11 Å². The molecule has 0 atom stereocenters. The number of Topliss-reactive ketones (excluding diaryl/α,β-unsaturated/α-hetero) is 1. The smallest absolute Gasteiger partial charge is 0.246 e. The van der Waals surface area contributed by atoms with Crippen LogP contribution in [0.15, 0.2) is 18.2 Å². The SMILES string of the molecule is CC(=O)c1ccc(O)c(CN2CC(=O)NC(=O)C2(C)C)c1. The van der Waals surface area contributed by atoms with Crippen LogP contribution in [0.1, 0.15) is 36.7 Å². The van der Waals surface area contributed by atoms with E-state index in [1.807, 2.05) is 0 Å². The molecule has 0 saturated carbocycles. The molecule has 1 aliphatic heterocycles. The first kappa shape index (κ1) is 15.2. The molecule has 1 aliphatic rings. The minimum Gasteiger partial charge on any atom is -0.508 e. The lowest BCUT2D eigenvalue weighted by atomic mass is 9.97. The highest BCUT2D eigenvalue weighted by atomic mass is 16.3. The molecule has 0 unspecified atom stereocenters. The van der Waals surface area contributed by atoms with Crippen molar-refractivity contribution in [1.82, 2.24) is 10.2 Å². The molecular weight excluding hydrogens is 272 g/mol. The Kier molecular flexibility index (Phi) is 3.82. The highest BCUT2D eigenvalue weighted by molar-refractivity contribution is 6.03. The van der Waals surface area contributed by atoms with Crippen LogP contribution < -0.4 is 5.32 Å². The van der Waals surface area contributed by atoms with Gasteiger partial charge in [-0.15, -0.1) is 0 Å². The van der Waals surface area contributed by atoms with E-state index in [9.17, 15) is 19.5 Å². The van der Waals surface area contributed by atoms with Gasteiger partial charge in [0, 0.05) is 17.7 Å². The van der Waals surface area contributed by atoms with Crippen LogP contribution in [-0.4, -0.2) is 39.7 Å². The molecule has 6 heteroatoms. The lowest BCUT2D eigenvalue weighted by Crippen LogP contribution is -2.63. The van der Waals surface area contributed by atoms with Crippen LogP contribution in [0.3, 0.4) is 0 Å². The van der Waals surface area contributed by atoms with Crippen LogP contribution >= 0.6 is 0 Å². The molecule has 1 saturated heterocycles. The topological polar surface area (TPSA) is 86.7 Å². The maximum Gasteiger partial charge on any atom is 0.246 e. The van der Waals surface area contributed by atoms with Gasteiger partial charge in [0.05, 0.1) is 12.1 Å². The summed E-state index contributed by atoms with van der Waals surface area (Å²) < 4.78 is 0. The van der Waals surface area contributed by atoms with Crippen molar-refractivity contribution >= 4 is 17.6 Å². The monoisotopic (exact) mass is 290 g/mol. The summed E-state index contributed by atoms with van der Waals surface area (Å²) >= 11 is 0. The van der Waals surface area contributed by atoms with Crippen molar-refractivity contribution in [2.45, 2.75) is 32.9 Å². The third-order valence-corrected chi connectivity index (χ3v) is 3.78. The fourth-order valence-electron chi connectivity index (χ4n) is 2.22. The molecule has 1 aromatic carbocycles. The number of benzene rings is 1. The van der Waals surface area contributed by atoms with E-state index >= 15 is 0 Å². The normalized spacial score (nSPS) is 18.4. The predicted molar refractivity (Wildman–Crippen MR) is 75.8 cm³/mol. The van der Waals surface area contributed by atoms with Gasteiger partial charge >= 0.3 is 0 Å². The van der Waals surface area contributed by atoms with Crippen LogP contribution in [0.25, 0.3) is 0 Å². The van der Waals surface area contributed by atoms with Gasteiger partial charge in [0.25, 0.3) is 0 Å². The molecule has 21 heavy (non-hydrogen) atoms. The van der Waals surface area contributed by atoms with Crippen molar-refractivity contribution in [1.29, 1.82) is 0 Å². The van der Waals surface area contributed by atoms with Gasteiger partial charge in [-0.3, -0.25) is 24.6 Å². The van der Waals surface area contributed by atoms with Gasteiger partial charge in [0.15, 0.2) is 5.78 Å². The molecule has 0 spiro atoms. The Balaban J connectivity index is 2.32. The zero-order valence-corrected chi connectivity index (χ0v) is 12.3. The number of aromatic hydroxyl groups is 1. The zero-order valence-electron chi connectivity index (χ0n) is 12.3. The minimum atomic E-state index is -0.868. The molecule has 0 bridgehead atoms. The van der Waals surface area contributed by atoms with Crippen LogP contribution in [0.2, 0.25) is 0 Å². The molecular formula is C15H18N2O4. The number of piperazine rings is 1. The van der Waals surface area contributed by atoms with E-state index in [-0.39, 0.29) is 36.4 Å². The summed E-state index contributed by atoms with van der Waals surface area (Å²) in [7, 11) is 0. The highest BCUT2D eigenvalue weighted by Gasteiger charge is 2.40. The zero-order chi connectivity index (χ0) is 15.8. The minimum absolute atomic E-state index is 0.0363. The van der Waals surface area contributed by atoms with Crippen molar-refractivity contribution in [2.24, 2.45) is 0 Å². The first-order valence-corrected chi connectivity index (χ1v) is 6.64. The summed E-state index contributed by atoms with van der Waals surface area (Å²) in [5.41, 5.74) is 0.124. The number of carbonyl (C=O) groups is 3. The Morgan fingerprint density at radius 1 is 1.38 bits per heavy atom. The van der Waals surface area contributed by atoms with Crippen LogP contribution in [-0.2, 0) is 16.1 Å². The molecule has 112 valence electrons. The van der Waals surface area contributed by atoms with E-state index in [4.69, 9.17) is 0 Å². The van der Waals surface area contributed by atoms with Gasteiger partial charge in [-0.1, -0.05) is 0 Å². The number of carbonyl (C=O) groups excluding carboxylic acids is 3. The largest absolute Gasteiger partial charge is 0.508 e. The van der Waals surface area contributed by atoms with E-state index in [0.717, 1.165) is 0 Å². The Labute approximate surface area is 122 Å².